The third-order valence-corrected chi connectivity index (χ3v) is 7.45. The minimum Gasteiger partial charge on any atom is -0.456 e. The Bertz CT molecular complexity index is 949. The fourth-order valence-electron chi connectivity index (χ4n) is 5.83. The van der Waals surface area contributed by atoms with Crippen molar-refractivity contribution in [3.63, 3.8) is 0 Å². The maximum Gasteiger partial charge on any atom is 0.289 e. The predicted octanol–water partition coefficient (Wildman–Crippen LogP) is 4.26. The van der Waals surface area contributed by atoms with Crippen LogP contribution in [0.2, 0.25) is 0 Å². The van der Waals surface area contributed by atoms with E-state index in [9.17, 15) is 9.59 Å². The number of carbonyl (C=O) groups is 2. The van der Waals surface area contributed by atoms with Gasteiger partial charge in [0.25, 0.3) is 5.91 Å². The van der Waals surface area contributed by atoms with Crippen LogP contribution in [0.3, 0.4) is 0 Å². The van der Waals surface area contributed by atoms with Crippen LogP contribution in [-0.4, -0.2) is 47.8 Å². The van der Waals surface area contributed by atoms with Crippen LogP contribution in [0.1, 0.15) is 71.9 Å². The van der Waals surface area contributed by atoms with Crippen LogP contribution in [0.5, 0.6) is 0 Å². The first kappa shape index (κ1) is 19.4. The molecule has 0 radical (unpaired) electrons. The maximum atomic E-state index is 12.8. The summed E-state index contributed by atoms with van der Waals surface area (Å²) in [4.78, 5) is 29.6. The fraction of sp³-hybridized carbons (Fsp3) is 0.520. The van der Waals surface area contributed by atoms with Gasteiger partial charge in [0.2, 0.25) is 5.91 Å². The molecule has 1 aromatic heterocycles. The number of aryl methyl sites for hydroxylation is 1. The molecule has 3 heterocycles. The van der Waals surface area contributed by atoms with Crippen molar-refractivity contribution in [1.29, 1.82) is 0 Å². The highest BCUT2D eigenvalue weighted by Gasteiger charge is 2.46. The lowest BCUT2D eigenvalue weighted by Crippen LogP contribution is -2.44. The molecule has 1 atom stereocenters. The van der Waals surface area contributed by atoms with Gasteiger partial charge in [-0.15, -0.1) is 0 Å². The van der Waals surface area contributed by atoms with Crippen molar-refractivity contribution >= 4 is 11.8 Å². The molecule has 2 saturated heterocycles. The molecule has 1 spiro atoms. The van der Waals surface area contributed by atoms with Crippen molar-refractivity contribution in [1.82, 2.24) is 9.80 Å². The molecule has 2 aliphatic heterocycles. The van der Waals surface area contributed by atoms with Crippen LogP contribution in [0.25, 0.3) is 0 Å². The summed E-state index contributed by atoms with van der Waals surface area (Å²) in [6, 6.07) is 12.3. The number of benzene rings is 1. The monoisotopic (exact) mass is 406 g/mol. The number of nitrogens with zero attached hydrogens (tertiary/aromatic N) is 2. The Balaban J connectivity index is 1.31. The molecule has 30 heavy (non-hydrogen) atoms. The number of amides is 2. The molecular formula is C25H30N2O3. The molecule has 5 nitrogen and oxygen atoms in total. The van der Waals surface area contributed by atoms with Crippen LogP contribution < -0.4 is 0 Å². The lowest BCUT2D eigenvalue weighted by Gasteiger charge is -2.40. The first-order chi connectivity index (χ1) is 14.6. The lowest BCUT2D eigenvalue weighted by molar-refractivity contribution is -0.130. The van der Waals surface area contributed by atoms with Gasteiger partial charge in [0.05, 0.1) is 0 Å². The van der Waals surface area contributed by atoms with Crippen LogP contribution in [0, 0.1) is 6.92 Å². The standard InChI is InChI=1S/C25H30N2O3/c1-18-8-9-22(30-18)24(29)27-14-10-25(11-15-27)17-19(20-6-2-3-7-21(20)25)16-23(28)26-12-4-5-13-26/h2-3,6-9,19H,4-5,10-17H2,1H3. The normalized spacial score (nSPS) is 22.5. The van der Waals surface area contributed by atoms with Crippen molar-refractivity contribution in [2.24, 2.45) is 0 Å². The van der Waals surface area contributed by atoms with Crippen molar-refractivity contribution in [2.75, 3.05) is 26.2 Å². The fourth-order valence-corrected chi connectivity index (χ4v) is 5.83. The van der Waals surface area contributed by atoms with Gasteiger partial charge >= 0.3 is 0 Å². The molecular weight excluding hydrogens is 376 g/mol. The van der Waals surface area contributed by atoms with Crippen molar-refractivity contribution < 1.29 is 14.0 Å². The third-order valence-electron chi connectivity index (χ3n) is 7.45. The molecule has 2 aromatic rings. The van der Waals surface area contributed by atoms with Gasteiger partial charge in [0, 0.05) is 32.6 Å². The second kappa shape index (κ2) is 7.60. The zero-order valence-electron chi connectivity index (χ0n) is 17.7. The molecule has 1 aliphatic carbocycles. The Morgan fingerprint density at radius 1 is 1.00 bits per heavy atom. The van der Waals surface area contributed by atoms with Gasteiger partial charge in [-0.1, -0.05) is 24.3 Å². The first-order valence-corrected chi connectivity index (χ1v) is 11.3. The van der Waals surface area contributed by atoms with Crippen molar-refractivity contribution in [3.05, 3.63) is 59.0 Å². The molecule has 2 amide bonds. The zero-order chi connectivity index (χ0) is 20.7. The maximum absolute atomic E-state index is 12.8. The highest BCUT2D eigenvalue weighted by molar-refractivity contribution is 5.91. The van der Waals surface area contributed by atoms with Crippen molar-refractivity contribution in [2.45, 2.75) is 56.8 Å². The average Bonchev–Trinajstić information content (AvgIpc) is 3.50. The van der Waals surface area contributed by atoms with Crippen molar-refractivity contribution in [3.8, 4) is 0 Å². The zero-order valence-corrected chi connectivity index (χ0v) is 17.7. The van der Waals surface area contributed by atoms with E-state index in [1.165, 1.54) is 11.1 Å². The number of rotatable bonds is 3. The Morgan fingerprint density at radius 2 is 1.73 bits per heavy atom. The summed E-state index contributed by atoms with van der Waals surface area (Å²) in [7, 11) is 0. The number of hydrogen-bond acceptors (Lipinski definition) is 3. The predicted molar refractivity (Wildman–Crippen MR) is 114 cm³/mol. The lowest BCUT2D eigenvalue weighted by atomic mass is 9.73. The van der Waals surface area contributed by atoms with E-state index in [1.807, 2.05) is 22.8 Å². The molecule has 0 N–H and O–H groups in total. The average molecular weight is 407 g/mol. The van der Waals surface area contributed by atoms with E-state index in [1.54, 1.807) is 6.07 Å². The number of piperidine rings is 1. The number of carbonyl (C=O) groups excluding carboxylic acids is 2. The smallest absolute Gasteiger partial charge is 0.289 e. The molecule has 158 valence electrons. The van der Waals surface area contributed by atoms with Gasteiger partial charge in [0.1, 0.15) is 5.76 Å². The summed E-state index contributed by atoms with van der Waals surface area (Å²) in [5, 5.41) is 0. The summed E-state index contributed by atoms with van der Waals surface area (Å²) in [5.74, 6) is 1.80. The largest absolute Gasteiger partial charge is 0.456 e. The van der Waals surface area contributed by atoms with Crippen LogP contribution in [0.15, 0.2) is 40.8 Å². The molecule has 2 fully saturated rings. The quantitative estimate of drug-likeness (QED) is 0.765. The summed E-state index contributed by atoms with van der Waals surface area (Å²) < 4.78 is 5.55. The number of fused-ring (bicyclic) bond motifs is 2. The van der Waals surface area contributed by atoms with E-state index in [2.05, 4.69) is 24.3 Å². The number of likely N-dealkylation sites (tertiary alicyclic amines) is 2. The summed E-state index contributed by atoms with van der Waals surface area (Å²) in [6.07, 6.45) is 5.81. The molecule has 0 saturated carbocycles. The van der Waals surface area contributed by atoms with E-state index in [-0.39, 0.29) is 11.3 Å². The minimum atomic E-state index is -0.00927. The molecule has 5 heteroatoms. The molecule has 5 rings (SSSR count). The van der Waals surface area contributed by atoms with Crippen LogP contribution in [0.4, 0.5) is 0 Å². The number of furan rings is 1. The van der Waals surface area contributed by atoms with Gasteiger partial charge in [-0.05, 0) is 73.6 Å². The van der Waals surface area contributed by atoms with Crippen LogP contribution in [-0.2, 0) is 10.2 Å². The Morgan fingerprint density at radius 3 is 2.43 bits per heavy atom. The van der Waals surface area contributed by atoms with E-state index < -0.39 is 0 Å². The van der Waals surface area contributed by atoms with E-state index in [0.717, 1.165) is 64.0 Å². The highest BCUT2D eigenvalue weighted by Crippen LogP contribution is 2.52. The molecule has 3 aliphatic rings. The molecule has 0 bridgehead atoms. The van der Waals surface area contributed by atoms with E-state index >= 15 is 0 Å². The molecule has 1 aromatic carbocycles. The summed E-state index contributed by atoms with van der Waals surface area (Å²) in [6.45, 7) is 5.17. The second-order valence-electron chi connectivity index (χ2n) is 9.26. The number of hydrogen-bond donors (Lipinski definition) is 0. The first-order valence-electron chi connectivity index (χ1n) is 11.3. The third kappa shape index (κ3) is 3.34. The molecule has 1 unspecified atom stereocenters. The Labute approximate surface area is 178 Å². The van der Waals surface area contributed by atoms with Crippen LogP contribution >= 0.6 is 0 Å². The van der Waals surface area contributed by atoms with Gasteiger partial charge in [-0.2, -0.15) is 0 Å². The SMILES string of the molecule is Cc1ccc(C(=O)N2CCC3(CC2)CC(CC(=O)N2CCCC2)c2ccccc23)o1. The minimum absolute atomic E-state index is 0.00927. The van der Waals surface area contributed by atoms with Gasteiger partial charge in [0.15, 0.2) is 5.76 Å². The van der Waals surface area contributed by atoms with Gasteiger partial charge in [-0.3, -0.25) is 9.59 Å². The second-order valence-corrected chi connectivity index (χ2v) is 9.26. The summed E-state index contributed by atoms with van der Waals surface area (Å²) in [5.41, 5.74) is 2.85. The van der Waals surface area contributed by atoms with Gasteiger partial charge < -0.3 is 14.2 Å². The highest BCUT2D eigenvalue weighted by atomic mass is 16.3. The Kier molecular flexibility index (Phi) is 4.92. The van der Waals surface area contributed by atoms with E-state index in [4.69, 9.17) is 4.42 Å². The van der Waals surface area contributed by atoms with E-state index in [0.29, 0.717) is 24.0 Å². The van der Waals surface area contributed by atoms with Gasteiger partial charge in [-0.25, -0.2) is 0 Å². The topological polar surface area (TPSA) is 53.8 Å². The Hall–Kier alpha value is -2.56. The summed E-state index contributed by atoms with van der Waals surface area (Å²) >= 11 is 0.